The summed E-state index contributed by atoms with van der Waals surface area (Å²) in [4.78, 5) is 0. The van der Waals surface area contributed by atoms with Crippen LogP contribution >= 0.6 is 0 Å². The SMILES string of the molecule is CCCC(N)(O)C(C)(C)NC. The maximum absolute atomic E-state index is 9.76. The second kappa shape index (κ2) is 3.52. The van der Waals surface area contributed by atoms with Gasteiger partial charge in [0.05, 0.1) is 5.54 Å². The van der Waals surface area contributed by atoms with Crippen LogP contribution < -0.4 is 11.1 Å². The van der Waals surface area contributed by atoms with E-state index in [0.29, 0.717) is 6.42 Å². The monoisotopic (exact) mass is 160 g/mol. The van der Waals surface area contributed by atoms with Crippen LogP contribution in [0.5, 0.6) is 0 Å². The Morgan fingerprint density at radius 1 is 1.45 bits per heavy atom. The fourth-order valence-corrected chi connectivity index (χ4v) is 0.910. The van der Waals surface area contributed by atoms with E-state index in [1.54, 1.807) is 7.05 Å². The first-order valence-corrected chi connectivity index (χ1v) is 4.07. The van der Waals surface area contributed by atoms with Crippen molar-refractivity contribution in [2.24, 2.45) is 5.73 Å². The predicted octanol–water partition coefficient (Wildman–Crippen LogP) is 0.432. The molecule has 1 unspecified atom stereocenters. The predicted molar refractivity (Wildman–Crippen MR) is 47.2 cm³/mol. The molecule has 0 bridgehead atoms. The number of hydrogen-bond donors (Lipinski definition) is 3. The highest BCUT2D eigenvalue weighted by Crippen LogP contribution is 2.20. The van der Waals surface area contributed by atoms with E-state index in [9.17, 15) is 5.11 Å². The van der Waals surface area contributed by atoms with Gasteiger partial charge in [0.1, 0.15) is 5.72 Å². The zero-order valence-corrected chi connectivity index (χ0v) is 7.94. The molecule has 0 radical (unpaired) electrons. The number of hydrogen-bond acceptors (Lipinski definition) is 3. The van der Waals surface area contributed by atoms with E-state index in [2.05, 4.69) is 5.32 Å². The molecule has 4 N–H and O–H groups in total. The molecule has 0 aliphatic rings. The lowest BCUT2D eigenvalue weighted by Gasteiger charge is -2.39. The molecule has 0 rings (SSSR count). The Balaban J connectivity index is 4.26. The number of likely N-dealkylation sites (N-methyl/N-ethyl adjacent to an activating group) is 1. The molecule has 0 amide bonds. The van der Waals surface area contributed by atoms with E-state index in [0.717, 1.165) is 6.42 Å². The van der Waals surface area contributed by atoms with Crippen molar-refractivity contribution >= 4 is 0 Å². The molecular formula is C8H20N2O. The first kappa shape index (κ1) is 10.9. The number of aliphatic hydroxyl groups is 1. The summed E-state index contributed by atoms with van der Waals surface area (Å²) in [5, 5.41) is 12.7. The van der Waals surface area contributed by atoms with Gasteiger partial charge in [-0.3, -0.25) is 0 Å². The van der Waals surface area contributed by atoms with Gasteiger partial charge in [-0.1, -0.05) is 13.3 Å². The molecule has 0 saturated carbocycles. The van der Waals surface area contributed by atoms with Gasteiger partial charge >= 0.3 is 0 Å². The average molecular weight is 160 g/mol. The summed E-state index contributed by atoms with van der Waals surface area (Å²) in [5.41, 5.74) is 4.17. The molecule has 0 aromatic heterocycles. The first-order chi connectivity index (χ1) is 4.87. The van der Waals surface area contributed by atoms with E-state index in [1.165, 1.54) is 0 Å². The molecule has 0 aliphatic carbocycles. The van der Waals surface area contributed by atoms with Crippen molar-refractivity contribution in [3.63, 3.8) is 0 Å². The Morgan fingerprint density at radius 2 is 1.91 bits per heavy atom. The van der Waals surface area contributed by atoms with Crippen LogP contribution in [0.25, 0.3) is 0 Å². The molecular weight excluding hydrogens is 140 g/mol. The molecule has 3 nitrogen and oxygen atoms in total. The second-order valence-electron chi connectivity index (χ2n) is 3.55. The Morgan fingerprint density at radius 3 is 2.18 bits per heavy atom. The second-order valence-corrected chi connectivity index (χ2v) is 3.55. The maximum atomic E-state index is 9.76. The van der Waals surface area contributed by atoms with Crippen LogP contribution in [0.2, 0.25) is 0 Å². The molecule has 0 aromatic carbocycles. The fraction of sp³-hybridized carbons (Fsp3) is 1.00. The smallest absolute Gasteiger partial charge is 0.131 e. The molecule has 0 aliphatic heterocycles. The zero-order valence-electron chi connectivity index (χ0n) is 7.94. The van der Waals surface area contributed by atoms with Crippen molar-refractivity contribution in [1.29, 1.82) is 0 Å². The third-order valence-corrected chi connectivity index (χ3v) is 2.34. The minimum absolute atomic E-state index is 0.428. The van der Waals surface area contributed by atoms with Crippen LogP contribution in [0.3, 0.4) is 0 Å². The van der Waals surface area contributed by atoms with Crippen molar-refractivity contribution in [3.8, 4) is 0 Å². The van der Waals surface area contributed by atoms with Crippen LogP contribution in [0.1, 0.15) is 33.6 Å². The lowest BCUT2D eigenvalue weighted by atomic mass is 9.88. The summed E-state index contributed by atoms with van der Waals surface area (Å²) in [6, 6.07) is 0. The minimum Gasteiger partial charge on any atom is -0.374 e. The highest BCUT2D eigenvalue weighted by atomic mass is 16.3. The lowest BCUT2D eigenvalue weighted by Crippen LogP contribution is -2.63. The van der Waals surface area contributed by atoms with Gasteiger partial charge in [-0.2, -0.15) is 0 Å². The topological polar surface area (TPSA) is 58.3 Å². The lowest BCUT2D eigenvalue weighted by molar-refractivity contribution is -0.0372. The Kier molecular flexibility index (Phi) is 3.48. The van der Waals surface area contributed by atoms with E-state index in [-0.39, 0.29) is 0 Å². The molecule has 0 saturated heterocycles. The van der Waals surface area contributed by atoms with Gasteiger partial charge in [-0.05, 0) is 27.3 Å². The summed E-state index contributed by atoms with van der Waals surface area (Å²) < 4.78 is 0. The largest absolute Gasteiger partial charge is 0.374 e. The van der Waals surface area contributed by atoms with E-state index in [4.69, 9.17) is 5.73 Å². The standard InChI is InChI=1S/C8H20N2O/c1-5-6-8(9,11)7(2,3)10-4/h10-11H,5-6,9H2,1-4H3. The third kappa shape index (κ3) is 2.43. The average Bonchev–Trinajstić information content (AvgIpc) is 1.87. The molecule has 68 valence electrons. The highest BCUT2D eigenvalue weighted by molar-refractivity contribution is 4.93. The van der Waals surface area contributed by atoms with Crippen molar-refractivity contribution in [2.45, 2.75) is 44.9 Å². The molecule has 0 aromatic rings. The fourth-order valence-electron chi connectivity index (χ4n) is 0.910. The van der Waals surface area contributed by atoms with Crippen LogP contribution in [0.4, 0.5) is 0 Å². The zero-order chi connectivity index (χ0) is 9.12. The van der Waals surface area contributed by atoms with Gasteiger partial charge in [0.25, 0.3) is 0 Å². The Hall–Kier alpha value is -0.120. The van der Waals surface area contributed by atoms with Gasteiger partial charge in [-0.25, -0.2) is 0 Å². The van der Waals surface area contributed by atoms with E-state index >= 15 is 0 Å². The van der Waals surface area contributed by atoms with Crippen LogP contribution in [0.15, 0.2) is 0 Å². The van der Waals surface area contributed by atoms with Crippen LogP contribution in [-0.2, 0) is 0 Å². The molecule has 0 spiro atoms. The van der Waals surface area contributed by atoms with E-state index < -0.39 is 11.3 Å². The quantitative estimate of drug-likeness (QED) is 0.523. The number of nitrogens with two attached hydrogens (primary N) is 1. The van der Waals surface area contributed by atoms with Gasteiger partial charge in [0, 0.05) is 0 Å². The van der Waals surface area contributed by atoms with Gasteiger partial charge in [0.2, 0.25) is 0 Å². The number of rotatable bonds is 4. The van der Waals surface area contributed by atoms with Crippen LogP contribution in [0, 0.1) is 0 Å². The summed E-state index contributed by atoms with van der Waals surface area (Å²) in [6.07, 6.45) is 1.50. The van der Waals surface area contributed by atoms with Gasteiger partial charge in [-0.15, -0.1) is 0 Å². The third-order valence-electron chi connectivity index (χ3n) is 2.34. The van der Waals surface area contributed by atoms with Crippen molar-refractivity contribution in [1.82, 2.24) is 5.32 Å². The summed E-state index contributed by atoms with van der Waals surface area (Å²) in [6.45, 7) is 5.79. The minimum atomic E-state index is -1.11. The molecule has 0 heterocycles. The molecule has 1 atom stereocenters. The maximum Gasteiger partial charge on any atom is 0.131 e. The van der Waals surface area contributed by atoms with Crippen molar-refractivity contribution < 1.29 is 5.11 Å². The summed E-state index contributed by atoms with van der Waals surface area (Å²) in [5.74, 6) is 0. The van der Waals surface area contributed by atoms with Crippen molar-refractivity contribution in [2.75, 3.05) is 7.05 Å². The molecule has 11 heavy (non-hydrogen) atoms. The van der Waals surface area contributed by atoms with Crippen LogP contribution in [-0.4, -0.2) is 23.4 Å². The summed E-state index contributed by atoms with van der Waals surface area (Å²) in [7, 11) is 1.80. The van der Waals surface area contributed by atoms with E-state index in [1.807, 2.05) is 20.8 Å². The van der Waals surface area contributed by atoms with Crippen molar-refractivity contribution in [3.05, 3.63) is 0 Å². The normalized spacial score (nSPS) is 18.0. The number of nitrogens with one attached hydrogen (secondary N) is 1. The molecule has 0 fully saturated rings. The Labute approximate surface area is 69.0 Å². The van der Waals surface area contributed by atoms with Gasteiger partial charge < -0.3 is 16.2 Å². The molecule has 3 heteroatoms. The highest BCUT2D eigenvalue weighted by Gasteiger charge is 2.37. The Bertz CT molecular complexity index is 121. The summed E-state index contributed by atoms with van der Waals surface area (Å²) >= 11 is 0. The van der Waals surface area contributed by atoms with Gasteiger partial charge in [0.15, 0.2) is 0 Å². The first-order valence-electron chi connectivity index (χ1n) is 4.07.